The number of hydrogen-bond donors (Lipinski definition) is 1. The van der Waals surface area contributed by atoms with Crippen LogP contribution in [0.15, 0.2) is 24.3 Å². The second kappa shape index (κ2) is 5.85. The van der Waals surface area contributed by atoms with Gasteiger partial charge < -0.3 is 5.11 Å². The van der Waals surface area contributed by atoms with E-state index in [1.165, 1.54) is 12.8 Å². The van der Waals surface area contributed by atoms with Crippen LogP contribution in [-0.2, 0) is 0 Å². The second-order valence-electron chi connectivity index (χ2n) is 6.97. The second-order valence-corrected chi connectivity index (χ2v) is 7.41. The molecule has 2 rings (SSSR count). The summed E-state index contributed by atoms with van der Waals surface area (Å²) in [6.07, 6.45) is 4.40. The van der Waals surface area contributed by atoms with Crippen LogP contribution in [0, 0.1) is 17.3 Å². The van der Waals surface area contributed by atoms with Gasteiger partial charge in [0.25, 0.3) is 0 Å². The zero-order valence-corrected chi connectivity index (χ0v) is 13.0. The van der Waals surface area contributed by atoms with Crippen LogP contribution in [0.25, 0.3) is 0 Å². The normalized spacial score (nSPS) is 26.2. The molecule has 1 aliphatic rings. The summed E-state index contributed by atoms with van der Waals surface area (Å²) in [7, 11) is 0. The van der Waals surface area contributed by atoms with Gasteiger partial charge in [-0.05, 0) is 60.6 Å². The predicted molar refractivity (Wildman–Crippen MR) is 81.3 cm³/mol. The van der Waals surface area contributed by atoms with Gasteiger partial charge in [-0.2, -0.15) is 0 Å². The Hall–Kier alpha value is -0.530. The van der Waals surface area contributed by atoms with Gasteiger partial charge in [-0.25, -0.2) is 0 Å². The fourth-order valence-electron chi connectivity index (χ4n) is 3.23. The first kappa shape index (κ1) is 14.9. The number of rotatable bonds is 2. The molecule has 0 bridgehead atoms. The molecule has 1 N–H and O–H groups in total. The molecule has 19 heavy (non-hydrogen) atoms. The van der Waals surface area contributed by atoms with E-state index in [1.807, 2.05) is 24.3 Å². The quantitative estimate of drug-likeness (QED) is 0.787. The van der Waals surface area contributed by atoms with E-state index in [1.54, 1.807) is 0 Å². The van der Waals surface area contributed by atoms with Crippen molar-refractivity contribution in [1.29, 1.82) is 0 Å². The molecule has 1 aromatic carbocycles. The minimum Gasteiger partial charge on any atom is -0.388 e. The van der Waals surface area contributed by atoms with Crippen molar-refractivity contribution in [3.63, 3.8) is 0 Å². The smallest absolute Gasteiger partial charge is 0.0818 e. The molecule has 1 unspecified atom stereocenters. The molecule has 106 valence electrons. The summed E-state index contributed by atoms with van der Waals surface area (Å²) in [6, 6.07) is 7.62. The van der Waals surface area contributed by atoms with Crippen molar-refractivity contribution in [3.05, 3.63) is 34.9 Å². The summed E-state index contributed by atoms with van der Waals surface area (Å²) >= 11 is 5.89. The Morgan fingerprint density at radius 2 is 1.58 bits per heavy atom. The van der Waals surface area contributed by atoms with E-state index >= 15 is 0 Å². The molecular weight excluding hydrogens is 256 g/mol. The number of aliphatic hydroxyl groups excluding tert-OH is 1. The van der Waals surface area contributed by atoms with Crippen molar-refractivity contribution >= 4 is 11.6 Å². The standard InChI is InChI=1S/C17H25ClO/c1-17(2,3)14-8-4-12(5-9-14)16(19)13-6-10-15(18)11-7-13/h6-7,10-12,14,16,19H,4-5,8-9H2,1-3H3. The predicted octanol–water partition coefficient (Wildman–Crippen LogP) is 5.23. The summed E-state index contributed by atoms with van der Waals surface area (Å²) in [4.78, 5) is 0. The van der Waals surface area contributed by atoms with Gasteiger partial charge in [0.1, 0.15) is 0 Å². The zero-order chi connectivity index (χ0) is 14.0. The summed E-state index contributed by atoms with van der Waals surface area (Å²) in [5, 5.41) is 11.2. The highest BCUT2D eigenvalue weighted by Gasteiger charge is 2.32. The fourth-order valence-corrected chi connectivity index (χ4v) is 3.36. The van der Waals surface area contributed by atoms with Crippen LogP contribution < -0.4 is 0 Å². The highest BCUT2D eigenvalue weighted by molar-refractivity contribution is 6.30. The van der Waals surface area contributed by atoms with Crippen LogP contribution in [0.4, 0.5) is 0 Å². The van der Waals surface area contributed by atoms with E-state index in [2.05, 4.69) is 20.8 Å². The molecule has 0 saturated heterocycles. The van der Waals surface area contributed by atoms with E-state index in [0.717, 1.165) is 29.3 Å². The maximum atomic E-state index is 10.5. The lowest BCUT2D eigenvalue weighted by atomic mass is 9.68. The molecule has 0 spiro atoms. The topological polar surface area (TPSA) is 20.2 Å². The summed E-state index contributed by atoms with van der Waals surface area (Å²) in [5.74, 6) is 1.20. The van der Waals surface area contributed by atoms with Gasteiger partial charge in [0, 0.05) is 5.02 Å². The van der Waals surface area contributed by atoms with Crippen LogP contribution in [0.3, 0.4) is 0 Å². The molecule has 0 aromatic heterocycles. The average Bonchev–Trinajstić information content (AvgIpc) is 2.38. The highest BCUT2D eigenvalue weighted by Crippen LogP contribution is 2.43. The Labute approximate surface area is 122 Å². The molecular formula is C17H25ClO. The summed E-state index contributed by atoms with van der Waals surface area (Å²) < 4.78 is 0. The Morgan fingerprint density at radius 1 is 1.05 bits per heavy atom. The minimum absolute atomic E-state index is 0.335. The molecule has 1 atom stereocenters. The number of hydrogen-bond acceptors (Lipinski definition) is 1. The van der Waals surface area contributed by atoms with Gasteiger partial charge in [-0.15, -0.1) is 0 Å². The first-order valence-electron chi connectivity index (χ1n) is 7.31. The largest absolute Gasteiger partial charge is 0.388 e. The van der Waals surface area contributed by atoms with Crippen LogP contribution in [0.2, 0.25) is 5.02 Å². The van der Waals surface area contributed by atoms with E-state index in [0.29, 0.717) is 11.3 Å². The van der Waals surface area contributed by atoms with Crippen molar-refractivity contribution in [2.24, 2.45) is 17.3 Å². The summed E-state index contributed by atoms with van der Waals surface area (Å²) in [5.41, 5.74) is 1.40. The van der Waals surface area contributed by atoms with Crippen LogP contribution >= 0.6 is 11.6 Å². The van der Waals surface area contributed by atoms with Crippen LogP contribution in [-0.4, -0.2) is 5.11 Å². The molecule has 0 heterocycles. The van der Waals surface area contributed by atoms with Crippen molar-refractivity contribution in [3.8, 4) is 0 Å². The van der Waals surface area contributed by atoms with Crippen molar-refractivity contribution in [2.45, 2.75) is 52.6 Å². The molecule has 0 radical (unpaired) electrons. The Bertz CT molecular complexity index is 396. The van der Waals surface area contributed by atoms with Crippen LogP contribution in [0.1, 0.15) is 58.1 Å². The Morgan fingerprint density at radius 3 is 2.05 bits per heavy atom. The van der Waals surface area contributed by atoms with Gasteiger partial charge in [0.2, 0.25) is 0 Å². The Kier molecular flexibility index (Phi) is 4.58. The molecule has 2 heteroatoms. The molecule has 0 amide bonds. The third-order valence-corrected chi connectivity index (χ3v) is 4.91. The highest BCUT2D eigenvalue weighted by atomic mass is 35.5. The number of halogens is 1. The van der Waals surface area contributed by atoms with Gasteiger partial charge >= 0.3 is 0 Å². The number of aliphatic hydroxyl groups is 1. The van der Waals surface area contributed by atoms with Crippen LogP contribution in [0.5, 0.6) is 0 Å². The maximum absolute atomic E-state index is 10.5. The van der Waals surface area contributed by atoms with E-state index in [9.17, 15) is 5.11 Å². The SMILES string of the molecule is CC(C)(C)C1CCC(C(O)c2ccc(Cl)cc2)CC1. The molecule has 0 aliphatic heterocycles. The third-order valence-electron chi connectivity index (χ3n) is 4.65. The molecule has 1 fully saturated rings. The monoisotopic (exact) mass is 280 g/mol. The average molecular weight is 281 g/mol. The minimum atomic E-state index is -0.335. The molecule has 1 saturated carbocycles. The van der Waals surface area contributed by atoms with E-state index in [-0.39, 0.29) is 6.10 Å². The number of benzene rings is 1. The molecule has 1 nitrogen and oxygen atoms in total. The lowest BCUT2D eigenvalue weighted by Crippen LogP contribution is -2.28. The lowest BCUT2D eigenvalue weighted by molar-refractivity contribution is 0.0528. The molecule has 1 aromatic rings. The maximum Gasteiger partial charge on any atom is 0.0818 e. The van der Waals surface area contributed by atoms with Crippen molar-refractivity contribution in [2.75, 3.05) is 0 Å². The molecule has 1 aliphatic carbocycles. The Balaban J connectivity index is 1.96. The fraction of sp³-hybridized carbons (Fsp3) is 0.647. The first-order chi connectivity index (χ1) is 8.88. The summed E-state index contributed by atoms with van der Waals surface area (Å²) in [6.45, 7) is 6.98. The van der Waals surface area contributed by atoms with Crippen molar-refractivity contribution in [1.82, 2.24) is 0 Å². The van der Waals surface area contributed by atoms with Gasteiger partial charge in [0.05, 0.1) is 6.10 Å². The van der Waals surface area contributed by atoms with Crippen molar-refractivity contribution < 1.29 is 5.11 Å². The lowest BCUT2D eigenvalue weighted by Gasteiger charge is -2.38. The van der Waals surface area contributed by atoms with Gasteiger partial charge in [-0.1, -0.05) is 44.5 Å². The van der Waals surface area contributed by atoms with Gasteiger partial charge in [0.15, 0.2) is 0 Å². The first-order valence-corrected chi connectivity index (χ1v) is 7.69. The van der Waals surface area contributed by atoms with E-state index in [4.69, 9.17) is 11.6 Å². The van der Waals surface area contributed by atoms with E-state index < -0.39 is 0 Å². The zero-order valence-electron chi connectivity index (χ0n) is 12.2. The third kappa shape index (κ3) is 3.73. The van der Waals surface area contributed by atoms with Gasteiger partial charge in [-0.3, -0.25) is 0 Å².